The molecule has 0 radical (unpaired) electrons. The lowest BCUT2D eigenvalue weighted by Crippen LogP contribution is -2.60. The SMILES string of the molecule is CCC(C)C(C)(C)[C@H](NC(=O)[C@H](Cc1cccc(C)c1C)NC(=O)c1cnc(C)c(C)n1)B(O)O. The molecule has 0 saturated carbocycles. The molecule has 0 spiro atoms. The average molecular weight is 482 g/mol. The molecule has 0 fully saturated rings. The van der Waals surface area contributed by atoms with Crippen LogP contribution < -0.4 is 10.6 Å². The molecule has 3 atom stereocenters. The van der Waals surface area contributed by atoms with Gasteiger partial charge in [0.1, 0.15) is 11.7 Å². The van der Waals surface area contributed by atoms with Gasteiger partial charge >= 0.3 is 7.12 Å². The zero-order valence-electron chi connectivity index (χ0n) is 22.1. The Morgan fingerprint density at radius 1 is 1.09 bits per heavy atom. The summed E-state index contributed by atoms with van der Waals surface area (Å²) in [4.78, 5) is 35.1. The summed E-state index contributed by atoms with van der Waals surface area (Å²) >= 11 is 0. The van der Waals surface area contributed by atoms with Gasteiger partial charge in [-0.2, -0.15) is 0 Å². The number of aryl methyl sites for hydroxylation is 3. The maximum Gasteiger partial charge on any atom is 0.476 e. The van der Waals surface area contributed by atoms with Gasteiger partial charge in [0, 0.05) is 6.42 Å². The van der Waals surface area contributed by atoms with E-state index in [0.29, 0.717) is 5.69 Å². The van der Waals surface area contributed by atoms with Crippen LogP contribution >= 0.6 is 0 Å². The minimum atomic E-state index is -1.76. The summed E-state index contributed by atoms with van der Waals surface area (Å²) in [5.41, 5.74) is 3.89. The molecule has 8 nitrogen and oxygen atoms in total. The van der Waals surface area contributed by atoms with Gasteiger partial charge in [0.25, 0.3) is 5.91 Å². The molecule has 2 rings (SSSR count). The number of aromatic nitrogens is 2. The fourth-order valence-corrected chi connectivity index (χ4v) is 4.08. The minimum Gasteiger partial charge on any atom is -0.426 e. The van der Waals surface area contributed by atoms with Gasteiger partial charge in [-0.3, -0.25) is 14.6 Å². The van der Waals surface area contributed by atoms with Crippen molar-refractivity contribution in [2.24, 2.45) is 11.3 Å². The molecule has 190 valence electrons. The van der Waals surface area contributed by atoms with E-state index in [2.05, 4.69) is 20.6 Å². The van der Waals surface area contributed by atoms with E-state index < -0.39 is 36.3 Å². The number of nitrogens with one attached hydrogen (secondary N) is 2. The third-order valence-electron chi connectivity index (χ3n) is 7.47. The van der Waals surface area contributed by atoms with Crippen molar-refractivity contribution in [2.75, 3.05) is 0 Å². The van der Waals surface area contributed by atoms with Crippen LogP contribution in [0.15, 0.2) is 24.4 Å². The first kappa shape index (κ1) is 28.5. The summed E-state index contributed by atoms with van der Waals surface area (Å²) < 4.78 is 0. The number of carbonyl (C=O) groups excluding carboxylic acids is 2. The topological polar surface area (TPSA) is 124 Å². The number of nitrogens with zero attached hydrogens (tertiary/aromatic N) is 2. The van der Waals surface area contributed by atoms with E-state index in [9.17, 15) is 19.6 Å². The summed E-state index contributed by atoms with van der Waals surface area (Å²) in [5.74, 6) is -1.84. The van der Waals surface area contributed by atoms with Crippen LogP contribution in [-0.4, -0.2) is 50.9 Å². The second kappa shape index (κ2) is 11.8. The molecule has 0 saturated heterocycles. The lowest BCUT2D eigenvalue weighted by molar-refractivity contribution is -0.124. The molecule has 0 aliphatic rings. The number of carbonyl (C=O) groups is 2. The van der Waals surface area contributed by atoms with Crippen molar-refractivity contribution in [2.45, 2.75) is 80.2 Å². The molecular formula is C26H39BN4O4. The minimum absolute atomic E-state index is 0.104. The van der Waals surface area contributed by atoms with Gasteiger partial charge in [0.15, 0.2) is 0 Å². The molecular weight excluding hydrogens is 443 g/mol. The summed E-state index contributed by atoms with van der Waals surface area (Å²) in [6, 6.07) is 4.87. The molecule has 9 heteroatoms. The van der Waals surface area contributed by atoms with Crippen molar-refractivity contribution in [3.63, 3.8) is 0 Å². The lowest BCUT2D eigenvalue weighted by atomic mass is 9.59. The Bertz CT molecular complexity index is 1060. The standard InChI is InChI=1S/C26H39BN4O4/c1-9-16(3)26(7,8)25(27(34)35)31-23(32)21(13-20-12-10-11-15(2)17(20)4)30-24(33)22-14-28-18(5)19(6)29-22/h10-12,14,16,21,25,34-35H,9,13H2,1-8H3,(H,30,33)(H,31,32)/t16?,21-,25-/m0/s1. The van der Waals surface area contributed by atoms with Crippen molar-refractivity contribution in [3.05, 3.63) is 58.2 Å². The highest BCUT2D eigenvalue weighted by Crippen LogP contribution is 2.33. The fraction of sp³-hybridized carbons (Fsp3) is 0.538. The summed E-state index contributed by atoms with van der Waals surface area (Å²) in [5, 5.41) is 25.9. The van der Waals surface area contributed by atoms with Crippen LogP contribution in [-0.2, 0) is 11.2 Å². The van der Waals surface area contributed by atoms with Crippen LogP contribution in [0, 0.1) is 39.0 Å². The normalized spacial score (nSPS) is 14.1. The van der Waals surface area contributed by atoms with E-state index in [-0.39, 0.29) is 18.0 Å². The Kier molecular flexibility index (Phi) is 9.57. The van der Waals surface area contributed by atoms with E-state index >= 15 is 0 Å². The number of hydrogen-bond donors (Lipinski definition) is 4. The van der Waals surface area contributed by atoms with Gasteiger partial charge in [-0.05, 0) is 55.7 Å². The quantitative estimate of drug-likeness (QED) is 0.386. The zero-order valence-corrected chi connectivity index (χ0v) is 22.1. The van der Waals surface area contributed by atoms with Crippen LogP contribution in [0.1, 0.15) is 72.7 Å². The van der Waals surface area contributed by atoms with Crippen LogP contribution in [0.3, 0.4) is 0 Å². The van der Waals surface area contributed by atoms with Crippen molar-refractivity contribution in [1.82, 2.24) is 20.6 Å². The predicted molar refractivity (Wildman–Crippen MR) is 138 cm³/mol. The Hall–Kier alpha value is -2.78. The van der Waals surface area contributed by atoms with Gasteiger partial charge in [0.05, 0.1) is 23.5 Å². The van der Waals surface area contributed by atoms with E-state index in [1.54, 1.807) is 13.8 Å². The lowest BCUT2D eigenvalue weighted by Gasteiger charge is -2.39. The molecule has 4 N–H and O–H groups in total. The number of hydrogen-bond acceptors (Lipinski definition) is 6. The van der Waals surface area contributed by atoms with Crippen LogP contribution in [0.25, 0.3) is 0 Å². The van der Waals surface area contributed by atoms with E-state index in [1.807, 2.05) is 59.7 Å². The molecule has 2 aromatic rings. The van der Waals surface area contributed by atoms with Gasteiger partial charge < -0.3 is 20.7 Å². The first-order valence-electron chi connectivity index (χ1n) is 12.1. The Labute approximate surface area is 209 Å². The highest BCUT2D eigenvalue weighted by Gasteiger charge is 2.43. The second-order valence-electron chi connectivity index (χ2n) is 10.0. The van der Waals surface area contributed by atoms with Crippen LogP contribution in [0.2, 0.25) is 0 Å². The maximum atomic E-state index is 13.5. The van der Waals surface area contributed by atoms with Crippen molar-refractivity contribution in [1.29, 1.82) is 0 Å². The molecule has 0 aliphatic carbocycles. The molecule has 1 aromatic carbocycles. The van der Waals surface area contributed by atoms with Crippen LogP contribution in [0.5, 0.6) is 0 Å². The summed E-state index contributed by atoms with van der Waals surface area (Å²) in [7, 11) is -1.76. The third-order valence-corrected chi connectivity index (χ3v) is 7.47. The second-order valence-corrected chi connectivity index (χ2v) is 10.0. The van der Waals surface area contributed by atoms with E-state index in [0.717, 1.165) is 28.8 Å². The molecule has 1 aromatic heterocycles. The molecule has 1 unspecified atom stereocenters. The number of rotatable bonds is 10. The molecule has 2 amide bonds. The number of amides is 2. The first-order chi connectivity index (χ1) is 16.3. The Balaban J connectivity index is 2.39. The molecule has 0 aliphatic heterocycles. The van der Waals surface area contributed by atoms with Gasteiger partial charge in [-0.25, -0.2) is 4.98 Å². The van der Waals surface area contributed by atoms with Gasteiger partial charge in [-0.1, -0.05) is 52.3 Å². The zero-order chi connectivity index (χ0) is 26.5. The van der Waals surface area contributed by atoms with Crippen LogP contribution in [0.4, 0.5) is 0 Å². The van der Waals surface area contributed by atoms with E-state index in [4.69, 9.17) is 0 Å². The Morgan fingerprint density at radius 3 is 2.31 bits per heavy atom. The van der Waals surface area contributed by atoms with Crippen molar-refractivity contribution >= 4 is 18.9 Å². The predicted octanol–water partition coefficient (Wildman–Crippen LogP) is 2.62. The highest BCUT2D eigenvalue weighted by molar-refractivity contribution is 6.44. The smallest absolute Gasteiger partial charge is 0.426 e. The van der Waals surface area contributed by atoms with E-state index in [1.165, 1.54) is 6.20 Å². The molecule has 35 heavy (non-hydrogen) atoms. The Morgan fingerprint density at radius 2 is 1.74 bits per heavy atom. The monoisotopic (exact) mass is 482 g/mol. The van der Waals surface area contributed by atoms with Gasteiger partial charge in [0.2, 0.25) is 5.91 Å². The first-order valence-corrected chi connectivity index (χ1v) is 12.1. The van der Waals surface area contributed by atoms with Crippen molar-refractivity contribution in [3.8, 4) is 0 Å². The number of benzene rings is 1. The van der Waals surface area contributed by atoms with Gasteiger partial charge in [-0.15, -0.1) is 0 Å². The fourth-order valence-electron chi connectivity index (χ4n) is 4.08. The third kappa shape index (κ3) is 6.89. The summed E-state index contributed by atoms with van der Waals surface area (Å²) in [6.07, 6.45) is 2.43. The summed E-state index contributed by atoms with van der Waals surface area (Å²) in [6.45, 7) is 15.4. The molecule has 1 heterocycles. The van der Waals surface area contributed by atoms with Crippen molar-refractivity contribution < 1.29 is 19.6 Å². The largest absolute Gasteiger partial charge is 0.476 e. The maximum absolute atomic E-state index is 13.5. The molecule has 0 bridgehead atoms. The average Bonchev–Trinajstić information content (AvgIpc) is 2.80. The highest BCUT2D eigenvalue weighted by atomic mass is 16.4.